The minimum Gasteiger partial charge on any atom is -0.447 e. The maximum Gasteiger partial charge on any atom is 0.410 e. The van der Waals surface area contributed by atoms with Crippen LogP contribution in [-0.4, -0.2) is 65.0 Å². The lowest BCUT2D eigenvalue weighted by Gasteiger charge is -2.31. The zero-order valence-electron chi connectivity index (χ0n) is 18.8. The van der Waals surface area contributed by atoms with Crippen LogP contribution in [0.4, 0.5) is 20.6 Å². The lowest BCUT2D eigenvalue weighted by Crippen LogP contribution is -2.39. The highest BCUT2D eigenvalue weighted by atomic mass is 19.1. The summed E-state index contributed by atoms with van der Waals surface area (Å²) >= 11 is 0. The number of aromatic nitrogens is 7. The Bertz CT molecular complexity index is 1300. The molecule has 34 heavy (non-hydrogen) atoms. The van der Waals surface area contributed by atoms with Gasteiger partial charge in [0.1, 0.15) is 12.1 Å². The second-order valence-corrected chi connectivity index (χ2v) is 8.40. The van der Waals surface area contributed by atoms with Crippen LogP contribution >= 0.6 is 0 Å². The van der Waals surface area contributed by atoms with E-state index in [1.807, 2.05) is 13.8 Å². The van der Waals surface area contributed by atoms with Gasteiger partial charge in [0.2, 0.25) is 0 Å². The molecule has 4 heterocycles. The van der Waals surface area contributed by atoms with Crippen molar-refractivity contribution in [3.8, 4) is 5.69 Å². The third-order valence-corrected chi connectivity index (χ3v) is 5.77. The van der Waals surface area contributed by atoms with Crippen LogP contribution in [0.15, 0.2) is 43.0 Å². The van der Waals surface area contributed by atoms with E-state index in [-0.39, 0.29) is 18.1 Å². The van der Waals surface area contributed by atoms with Crippen molar-refractivity contribution in [2.75, 3.05) is 18.4 Å². The van der Waals surface area contributed by atoms with Gasteiger partial charge < -0.3 is 15.0 Å². The Morgan fingerprint density at radius 3 is 2.74 bits per heavy atom. The maximum atomic E-state index is 14.8. The van der Waals surface area contributed by atoms with E-state index in [4.69, 9.17) is 4.74 Å². The number of hydrogen-bond donors (Lipinski definition) is 1. The molecule has 4 aromatic rings. The summed E-state index contributed by atoms with van der Waals surface area (Å²) in [5, 5.41) is 18.5. The number of ether oxygens (including phenoxy) is 1. The van der Waals surface area contributed by atoms with Crippen molar-refractivity contribution in [1.29, 1.82) is 0 Å². The molecule has 0 unspecified atom stereocenters. The summed E-state index contributed by atoms with van der Waals surface area (Å²) in [6.07, 6.45) is 6.02. The minimum absolute atomic E-state index is 0.139. The molecule has 1 fully saturated rings. The van der Waals surface area contributed by atoms with Crippen molar-refractivity contribution in [2.45, 2.75) is 38.7 Å². The summed E-state index contributed by atoms with van der Waals surface area (Å²) in [5.41, 5.74) is 3.01. The van der Waals surface area contributed by atoms with Crippen LogP contribution in [0.25, 0.3) is 11.3 Å². The van der Waals surface area contributed by atoms with Crippen molar-refractivity contribution < 1.29 is 13.9 Å². The molecule has 0 spiro atoms. The number of nitrogens with one attached hydrogen (secondary N) is 1. The summed E-state index contributed by atoms with van der Waals surface area (Å²) in [6, 6.07) is 6.45. The molecule has 1 aliphatic rings. The van der Waals surface area contributed by atoms with E-state index in [0.717, 1.165) is 18.5 Å². The number of fused-ring (bicyclic) bond motifs is 1. The van der Waals surface area contributed by atoms with Crippen LogP contribution in [0.1, 0.15) is 38.3 Å². The van der Waals surface area contributed by atoms with Gasteiger partial charge in [0, 0.05) is 25.1 Å². The number of carbonyl (C=O) groups excluding carboxylic acids is 1. The molecule has 1 aromatic carbocycles. The van der Waals surface area contributed by atoms with E-state index in [2.05, 4.69) is 30.9 Å². The molecule has 5 rings (SSSR count). The summed E-state index contributed by atoms with van der Waals surface area (Å²) < 4.78 is 23.2. The average molecular weight is 465 g/mol. The molecule has 0 aliphatic carbocycles. The standard InChI is InChI=1S/C22H24FN9O2/c1-14(2)34-22(33)30-9-6-15(7-10-30)20-12-24-21-19(5-8-26-32(20)21)27-18-4-3-16(11-17(18)23)31-13-25-28-29-31/h3-5,8,11-15,27H,6-7,9-10H2,1-2H3. The first kappa shape index (κ1) is 21.7. The Labute approximate surface area is 194 Å². The number of tetrazole rings is 1. The van der Waals surface area contributed by atoms with Gasteiger partial charge in [0.05, 0.1) is 41.3 Å². The van der Waals surface area contributed by atoms with E-state index < -0.39 is 5.82 Å². The molecule has 1 aliphatic heterocycles. The van der Waals surface area contributed by atoms with Crippen LogP contribution in [0, 0.1) is 5.82 Å². The second-order valence-electron chi connectivity index (χ2n) is 8.40. The molecule has 11 nitrogen and oxygen atoms in total. The average Bonchev–Trinajstić information content (AvgIpc) is 3.51. The molecule has 0 bridgehead atoms. The third kappa shape index (κ3) is 4.26. The SMILES string of the molecule is CC(C)OC(=O)N1CCC(c2cnc3c(Nc4ccc(-n5cnnn5)cc4F)ccnn23)CC1. The minimum atomic E-state index is -0.449. The smallest absolute Gasteiger partial charge is 0.410 e. The van der Waals surface area contributed by atoms with Crippen LogP contribution in [-0.2, 0) is 4.74 Å². The number of piperidine rings is 1. The van der Waals surface area contributed by atoms with Gasteiger partial charge >= 0.3 is 6.09 Å². The fourth-order valence-corrected chi connectivity index (χ4v) is 4.10. The van der Waals surface area contributed by atoms with E-state index in [1.165, 1.54) is 17.1 Å². The second kappa shape index (κ2) is 9.04. The lowest BCUT2D eigenvalue weighted by atomic mass is 9.94. The molecule has 0 atom stereocenters. The van der Waals surface area contributed by atoms with Crippen molar-refractivity contribution in [2.24, 2.45) is 0 Å². The monoisotopic (exact) mass is 465 g/mol. The van der Waals surface area contributed by atoms with Gasteiger partial charge in [-0.3, -0.25) is 0 Å². The normalized spacial score (nSPS) is 14.6. The van der Waals surface area contributed by atoms with E-state index >= 15 is 0 Å². The molecular weight excluding hydrogens is 441 g/mol. The summed E-state index contributed by atoms with van der Waals surface area (Å²) in [6.45, 7) is 4.91. The van der Waals surface area contributed by atoms with E-state index in [0.29, 0.717) is 35.8 Å². The molecule has 0 radical (unpaired) electrons. The Hall–Kier alpha value is -4.09. The van der Waals surface area contributed by atoms with E-state index in [9.17, 15) is 9.18 Å². The Morgan fingerprint density at radius 1 is 1.21 bits per heavy atom. The molecule has 1 N–H and O–H groups in total. The van der Waals surface area contributed by atoms with Gasteiger partial charge in [-0.25, -0.2) is 23.4 Å². The van der Waals surface area contributed by atoms with Crippen LogP contribution in [0.3, 0.4) is 0 Å². The predicted octanol–water partition coefficient (Wildman–Crippen LogP) is 3.31. The predicted molar refractivity (Wildman–Crippen MR) is 121 cm³/mol. The third-order valence-electron chi connectivity index (χ3n) is 5.77. The number of halogens is 1. The fourth-order valence-electron chi connectivity index (χ4n) is 4.10. The number of benzene rings is 1. The maximum absolute atomic E-state index is 14.8. The highest BCUT2D eigenvalue weighted by Crippen LogP contribution is 2.31. The fraction of sp³-hybridized carbons (Fsp3) is 0.364. The number of likely N-dealkylation sites (tertiary alicyclic amines) is 1. The first-order valence-corrected chi connectivity index (χ1v) is 11.1. The Morgan fingerprint density at radius 2 is 2.03 bits per heavy atom. The van der Waals surface area contributed by atoms with Gasteiger partial charge in [-0.05, 0) is 55.3 Å². The zero-order valence-corrected chi connectivity index (χ0v) is 18.8. The number of amides is 1. The highest BCUT2D eigenvalue weighted by molar-refractivity contribution is 5.74. The molecule has 0 saturated carbocycles. The Balaban J connectivity index is 1.33. The Kier molecular flexibility index (Phi) is 5.78. The largest absolute Gasteiger partial charge is 0.447 e. The summed E-state index contributed by atoms with van der Waals surface area (Å²) in [4.78, 5) is 18.5. The molecule has 12 heteroatoms. The lowest BCUT2D eigenvalue weighted by molar-refractivity contribution is 0.0690. The van der Waals surface area contributed by atoms with E-state index in [1.54, 1.807) is 40.0 Å². The first-order valence-electron chi connectivity index (χ1n) is 11.1. The number of carbonyl (C=O) groups is 1. The number of rotatable bonds is 5. The van der Waals surface area contributed by atoms with Crippen molar-refractivity contribution in [1.82, 2.24) is 39.7 Å². The summed E-state index contributed by atoms with van der Waals surface area (Å²) in [7, 11) is 0. The van der Waals surface area contributed by atoms with Crippen molar-refractivity contribution in [3.05, 3.63) is 54.5 Å². The van der Waals surface area contributed by atoms with Crippen LogP contribution in [0.2, 0.25) is 0 Å². The molecule has 3 aromatic heterocycles. The molecular formula is C22H24FN9O2. The highest BCUT2D eigenvalue weighted by Gasteiger charge is 2.27. The van der Waals surface area contributed by atoms with Crippen LogP contribution in [0.5, 0.6) is 0 Å². The molecule has 1 amide bonds. The van der Waals surface area contributed by atoms with Crippen LogP contribution < -0.4 is 5.32 Å². The first-order chi connectivity index (χ1) is 16.5. The number of nitrogens with zero attached hydrogens (tertiary/aromatic N) is 8. The van der Waals surface area contributed by atoms with Gasteiger partial charge in [-0.1, -0.05) is 0 Å². The zero-order chi connectivity index (χ0) is 23.7. The molecule has 176 valence electrons. The van der Waals surface area contributed by atoms with Gasteiger partial charge in [-0.2, -0.15) is 5.10 Å². The van der Waals surface area contributed by atoms with Gasteiger partial charge in [0.15, 0.2) is 5.65 Å². The number of anilines is 2. The summed E-state index contributed by atoms with van der Waals surface area (Å²) in [5.74, 6) is -0.247. The number of imidazole rings is 1. The molecule has 1 saturated heterocycles. The topological polar surface area (TPSA) is 115 Å². The van der Waals surface area contributed by atoms with Crippen molar-refractivity contribution in [3.63, 3.8) is 0 Å². The van der Waals surface area contributed by atoms with Gasteiger partial charge in [0.25, 0.3) is 0 Å². The van der Waals surface area contributed by atoms with Crippen molar-refractivity contribution >= 4 is 23.1 Å². The number of hydrogen-bond acceptors (Lipinski definition) is 8. The van der Waals surface area contributed by atoms with Gasteiger partial charge in [-0.15, -0.1) is 5.10 Å². The quantitative estimate of drug-likeness (QED) is 0.477.